The molecule has 22 heavy (non-hydrogen) atoms. The molecule has 0 saturated carbocycles. The number of aromatic nitrogens is 2. The number of H-pyrrole nitrogens is 1. The van der Waals surface area contributed by atoms with Gasteiger partial charge in [-0.2, -0.15) is 4.40 Å². The van der Waals surface area contributed by atoms with Gasteiger partial charge in [0.15, 0.2) is 12.4 Å². The van der Waals surface area contributed by atoms with Crippen LogP contribution in [0.2, 0.25) is 0 Å². The summed E-state index contributed by atoms with van der Waals surface area (Å²) in [6.45, 7) is 6.66. The number of para-hydroxylation sites is 1. The minimum atomic E-state index is 0. The molecule has 0 saturated heterocycles. The summed E-state index contributed by atoms with van der Waals surface area (Å²) in [5.41, 5.74) is 7.96. The minimum absolute atomic E-state index is 0. The number of pyridine rings is 2. The molecule has 4 rings (SSSR count). The predicted molar refractivity (Wildman–Crippen MR) is 87.8 cm³/mol. The lowest BCUT2D eigenvalue weighted by molar-refractivity contribution is -0.511. The van der Waals surface area contributed by atoms with Gasteiger partial charge in [-0.3, -0.25) is 0 Å². The third-order valence-corrected chi connectivity index (χ3v) is 4.66. The highest BCUT2D eigenvalue weighted by molar-refractivity contribution is 6.11. The zero-order valence-corrected chi connectivity index (χ0v) is 14.7. The van der Waals surface area contributed by atoms with Gasteiger partial charge in [0.1, 0.15) is 5.52 Å². The Bertz CT molecular complexity index is 999. The van der Waals surface area contributed by atoms with E-state index in [0.717, 1.165) is 6.42 Å². The van der Waals surface area contributed by atoms with Crippen molar-refractivity contribution in [1.29, 1.82) is 0 Å². The summed E-state index contributed by atoms with van der Waals surface area (Å²) in [6, 6.07) is 10.8. The average Bonchev–Trinajstić information content (AvgIpc) is 2.87. The van der Waals surface area contributed by atoms with Crippen LogP contribution in [0.4, 0.5) is 0 Å². The van der Waals surface area contributed by atoms with E-state index < -0.39 is 0 Å². The Morgan fingerprint density at radius 2 is 1.82 bits per heavy atom. The Morgan fingerprint density at radius 1 is 1.05 bits per heavy atom. The highest BCUT2D eigenvalue weighted by Gasteiger charge is 2.19. The van der Waals surface area contributed by atoms with Gasteiger partial charge in [-0.1, -0.05) is 25.1 Å². The molecule has 0 aliphatic rings. The number of aromatic amines is 1. The van der Waals surface area contributed by atoms with Crippen molar-refractivity contribution in [3.63, 3.8) is 0 Å². The highest BCUT2D eigenvalue weighted by Crippen LogP contribution is 2.29. The topological polar surface area (TPSA) is 19.9 Å². The van der Waals surface area contributed by atoms with E-state index in [2.05, 4.69) is 72.9 Å². The van der Waals surface area contributed by atoms with Gasteiger partial charge in [-0.25, -0.2) is 0 Å². The maximum Gasteiger partial charge on any atom is 0.238 e. The predicted octanol–water partition coefficient (Wildman–Crippen LogP) is 1.24. The normalized spacial score (nSPS) is 11.2. The number of hydrogen-bond acceptors (Lipinski definition) is 0. The number of rotatable bonds is 1. The number of aryl methyl sites for hydroxylation is 2. The highest BCUT2D eigenvalue weighted by atomic mass is 79.9. The first-order valence-corrected chi connectivity index (χ1v) is 7.54. The molecule has 0 aliphatic carbocycles. The molecule has 2 nitrogen and oxygen atoms in total. The van der Waals surface area contributed by atoms with Crippen LogP contribution in [0.1, 0.15) is 23.6 Å². The second-order valence-corrected chi connectivity index (χ2v) is 5.80. The molecule has 0 bridgehead atoms. The maximum absolute atomic E-state index is 3.62. The fraction of sp³-hybridized carbons (Fsp3) is 0.211. The van der Waals surface area contributed by atoms with E-state index in [9.17, 15) is 0 Å². The summed E-state index contributed by atoms with van der Waals surface area (Å²) in [6.07, 6.45) is 5.46. The van der Waals surface area contributed by atoms with E-state index in [0.29, 0.717) is 0 Å². The summed E-state index contributed by atoms with van der Waals surface area (Å²) in [4.78, 5) is 3.62. The van der Waals surface area contributed by atoms with Crippen LogP contribution in [0.15, 0.2) is 42.7 Å². The van der Waals surface area contributed by atoms with E-state index in [1.807, 2.05) is 0 Å². The van der Waals surface area contributed by atoms with Crippen LogP contribution in [-0.4, -0.2) is 4.98 Å². The SMILES string of the molecule is CCc1c(C)c(C)c[n+]2ccc3c4ccccc4[nH]c3c12.[Br-]. The lowest BCUT2D eigenvalue weighted by Gasteiger charge is -2.06. The van der Waals surface area contributed by atoms with Gasteiger partial charge < -0.3 is 22.0 Å². The molecule has 112 valence electrons. The zero-order chi connectivity index (χ0) is 14.6. The Balaban J connectivity index is 0.00000144. The average molecular weight is 355 g/mol. The number of nitrogens with zero attached hydrogens (tertiary/aromatic N) is 1. The number of benzene rings is 1. The molecule has 1 N–H and O–H groups in total. The molecule has 4 aromatic rings. The van der Waals surface area contributed by atoms with Crippen LogP contribution in [-0.2, 0) is 6.42 Å². The smallest absolute Gasteiger partial charge is 0.238 e. The van der Waals surface area contributed by atoms with Crippen LogP contribution in [0.3, 0.4) is 0 Å². The molecule has 1 aromatic carbocycles. The Kier molecular flexibility index (Phi) is 3.69. The van der Waals surface area contributed by atoms with E-state index in [1.165, 1.54) is 44.0 Å². The van der Waals surface area contributed by atoms with Crippen molar-refractivity contribution in [2.24, 2.45) is 0 Å². The third kappa shape index (κ3) is 1.96. The van der Waals surface area contributed by atoms with E-state index in [-0.39, 0.29) is 17.0 Å². The molecule has 0 spiro atoms. The molecule has 0 amide bonds. The summed E-state index contributed by atoms with van der Waals surface area (Å²) >= 11 is 0. The summed E-state index contributed by atoms with van der Waals surface area (Å²) in [5, 5.41) is 2.61. The van der Waals surface area contributed by atoms with Gasteiger partial charge in [0.05, 0.1) is 0 Å². The monoisotopic (exact) mass is 354 g/mol. The van der Waals surface area contributed by atoms with Crippen molar-refractivity contribution >= 4 is 27.3 Å². The van der Waals surface area contributed by atoms with Crippen LogP contribution in [0, 0.1) is 13.8 Å². The molecule has 0 atom stereocenters. The van der Waals surface area contributed by atoms with Gasteiger partial charge in [-0.05, 0) is 31.9 Å². The fourth-order valence-corrected chi connectivity index (χ4v) is 3.45. The zero-order valence-electron chi connectivity index (χ0n) is 13.1. The Labute approximate surface area is 140 Å². The molecule has 0 fully saturated rings. The molecule has 0 aliphatic heterocycles. The molecular formula is C19H19BrN2. The minimum Gasteiger partial charge on any atom is -1.00 e. The van der Waals surface area contributed by atoms with Crippen molar-refractivity contribution in [3.05, 3.63) is 59.4 Å². The number of nitrogens with one attached hydrogen (secondary N) is 1. The van der Waals surface area contributed by atoms with Crippen molar-refractivity contribution in [2.75, 3.05) is 0 Å². The second kappa shape index (κ2) is 5.40. The molecule has 0 unspecified atom stereocenters. The van der Waals surface area contributed by atoms with Crippen LogP contribution < -0.4 is 21.4 Å². The Morgan fingerprint density at radius 3 is 2.59 bits per heavy atom. The van der Waals surface area contributed by atoms with Crippen molar-refractivity contribution in [1.82, 2.24) is 4.98 Å². The second-order valence-electron chi connectivity index (χ2n) is 5.80. The van der Waals surface area contributed by atoms with Gasteiger partial charge in [0, 0.05) is 33.5 Å². The number of halogens is 1. The lowest BCUT2D eigenvalue weighted by atomic mass is 10.0. The number of fused-ring (bicyclic) bond motifs is 5. The quantitative estimate of drug-likeness (QED) is 0.496. The molecule has 3 aromatic heterocycles. The van der Waals surface area contributed by atoms with Crippen LogP contribution in [0.25, 0.3) is 27.3 Å². The Hall–Kier alpha value is -1.87. The van der Waals surface area contributed by atoms with E-state index in [1.54, 1.807) is 0 Å². The molecule has 3 heteroatoms. The first-order valence-electron chi connectivity index (χ1n) is 7.54. The van der Waals surface area contributed by atoms with Crippen molar-refractivity contribution in [3.8, 4) is 0 Å². The van der Waals surface area contributed by atoms with E-state index in [4.69, 9.17) is 0 Å². The van der Waals surface area contributed by atoms with Gasteiger partial charge in [-0.15, -0.1) is 0 Å². The third-order valence-electron chi connectivity index (χ3n) is 4.66. The van der Waals surface area contributed by atoms with Gasteiger partial charge in [0.25, 0.3) is 0 Å². The van der Waals surface area contributed by atoms with Crippen LogP contribution in [0.5, 0.6) is 0 Å². The van der Waals surface area contributed by atoms with Gasteiger partial charge >= 0.3 is 0 Å². The summed E-state index contributed by atoms with van der Waals surface area (Å²) in [7, 11) is 0. The number of hydrogen-bond donors (Lipinski definition) is 1. The molecule has 3 heterocycles. The van der Waals surface area contributed by atoms with Crippen molar-refractivity contribution in [2.45, 2.75) is 27.2 Å². The standard InChI is InChI=1S/C19H18N2.BrH/c1-4-14-13(3)12(2)11-21-10-9-16-15-7-5-6-8-17(15)20-18(16)19(14)21;/h5-11H,4H2,1-3H3;1H. The van der Waals surface area contributed by atoms with E-state index >= 15 is 0 Å². The first-order chi connectivity index (χ1) is 10.2. The summed E-state index contributed by atoms with van der Waals surface area (Å²) in [5.74, 6) is 0. The largest absolute Gasteiger partial charge is 1.00 e. The maximum atomic E-state index is 3.62. The molecular weight excluding hydrogens is 336 g/mol. The first kappa shape index (κ1) is 15.0. The fourth-order valence-electron chi connectivity index (χ4n) is 3.45. The van der Waals surface area contributed by atoms with Gasteiger partial charge in [0.2, 0.25) is 5.52 Å². The summed E-state index contributed by atoms with van der Waals surface area (Å²) < 4.78 is 2.26. The lowest BCUT2D eigenvalue weighted by Crippen LogP contribution is -3.00. The van der Waals surface area contributed by atoms with Crippen LogP contribution >= 0.6 is 0 Å². The van der Waals surface area contributed by atoms with Crippen molar-refractivity contribution < 1.29 is 21.4 Å². The molecule has 0 radical (unpaired) electrons.